The van der Waals surface area contributed by atoms with Gasteiger partial charge in [-0.2, -0.15) is 4.98 Å². The molecule has 0 spiro atoms. The summed E-state index contributed by atoms with van der Waals surface area (Å²) in [5.41, 5.74) is 6.55. The molecule has 0 amide bonds. The highest BCUT2D eigenvalue weighted by Crippen LogP contribution is 2.32. The zero-order valence-corrected chi connectivity index (χ0v) is 11.6. The monoisotopic (exact) mass is 261 g/mol. The number of nitrogens with two attached hydrogens (primary N) is 1. The van der Waals surface area contributed by atoms with E-state index in [0.717, 1.165) is 18.3 Å². The van der Waals surface area contributed by atoms with Crippen LogP contribution in [0.4, 0.5) is 11.5 Å². The van der Waals surface area contributed by atoms with Gasteiger partial charge in [-0.3, -0.25) is 0 Å². The topological polar surface area (TPSA) is 60.2 Å². The molecule has 4 nitrogen and oxygen atoms in total. The second-order valence-electron chi connectivity index (χ2n) is 6.00. The van der Waals surface area contributed by atoms with Gasteiger partial charge in [-0.05, 0) is 49.7 Å². The molecule has 3 N–H and O–H groups in total. The van der Waals surface area contributed by atoms with Crippen LogP contribution in [0.2, 0.25) is 0 Å². The van der Waals surface area contributed by atoms with E-state index in [-0.39, 0.29) is 0 Å². The average molecular weight is 261 g/mol. The maximum Gasteiger partial charge on any atom is 0.239 e. The fourth-order valence-electron chi connectivity index (χ4n) is 2.68. The molecule has 0 aliphatic heterocycles. The third-order valence-electron chi connectivity index (χ3n) is 4.24. The van der Waals surface area contributed by atoms with E-state index in [4.69, 9.17) is 10.5 Å². The zero-order valence-electron chi connectivity index (χ0n) is 11.6. The molecule has 2 unspecified atom stereocenters. The first-order valence-corrected chi connectivity index (χ1v) is 7.38. The van der Waals surface area contributed by atoms with Crippen molar-refractivity contribution in [3.05, 3.63) is 12.1 Å². The highest BCUT2D eigenvalue weighted by atomic mass is 16.5. The van der Waals surface area contributed by atoms with Crippen LogP contribution in [0.15, 0.2) is 12.1 Å². The van der Waals surface area contributed by atoms with Gasteiger partial charge in [-0.15, -0.1) is 0 Å². The summed E-state index contributed by atoms with van der Waals surface area (Å²) in [4.78, 5) is 4.51. The summed E-state index contributed by atoms with van der Waals surface area (Å²) < 4.78 is 5.72. The van der Waals surface area contributed by atoms with Crippen LogP contribution in [-0.2, 0) is 0 Å². The van der Waals surface area contributed by atoms with E-state index < -0.39 is 0 Å². The number of rotatable bonds is 5. The second-order valence-corrected chi connectivity index (χ2v) is 6.00. The molecule has 0 bridgehead atoms. The average Bonchev–Trinajstić information content (AvgIpc) is 3.14. The molecule has 2 aliphatic carbocycles. The molecular formula is C15H23N3O. The molecule has 2 fully saturated rings. The summed E-state index contributed by atoms with van der Waals surface area (Å²) >= 11 is 0. The van der Waals surface area contributed by atoms with Gasteiger partial charge in [0.05, 0.1) is 12.3 Å². The Labute approximate surface area is 114 Å². The number of nitrogen functional groups attached to an aromatic ring is 1. The molecule has 0 radical (unpaired) electrons. The molecule has 0 saturated heterocycles. The van der Waals surface area contributed by atoms with E-state index in [9.17, 15) is 0 Å². The molecule has 2 atom stereocenters. The lowest BCUT2D eigenvalue weighted by atomic mass is 10.1. The van der Waals surface area contributed by atoms with Crippen molar-refractivity contribution in [2.24, 2.45) is 11.8 Å². The lowest BCUT2D eigenvalue weighted by Crippen LogP contribution is -2.22. The minimum atomic E-state index is 0.535. The van der Waals surface area contributed by atoms with E-state index in [1.165, 1.54) is 32.1 Å². The van der Waals surface area contributed by atoms with Crippen molar-refractivity contribution < 1.29 is 4.74 Å². The largest absolute Gasteiger partial charge is 0.476 e. The molecule has 3 rings (SSSR count). The molecule has 1 heterocycles. The molecule has 2 saturated carbocycles. The van der Waals surface area contributed by atoms with E-state index in [0.29, 0.717) is 23.5 Å². The number of pyridine rings is 1. The fraction of sp³-hybridized carbons (Fsp3) is 0.667. The SMILES string of the molecule is CC1CCCC1Nc1ccc(N)c(OCC2CC2)n1. The van der Waals surface area contributed by atoms with Gasteiger partial charge in [0.25, 0.3) is 0 Å². The Morgan fingerprint density at radius 2 is 2.16 bits per heavy atom. The molecule has 0 aromatic carbocycles. The number of nitrogens with zero attached hydrogens (tertiary/aromatic N) is 1. The number of hydrogen-bond donors (Lipinski definition) is 2. The van der Waals surface area contributed by atoms with Gasteiger partial charge in [-0.25, -0.2) is 0 Å². The Morgan fingerprint density at radius 3 is 2.84 bits per heavy atom. The summed E-state index contributed by atoms with van der Waals surface area (Å²) in [6.07, 6.45) is 6.39. The predicted octanol–water partition coefficient (Wildman–Crippen LogP) is 3.05. The first kappa shape index (κ1) is 12.6. The predicted molar refractivity (Wildman–Crippen MR) is 77.3 cm³/mol. The standard InChI is InChI=1S/C15H23N3O/c1-10-3-2-4-13(10)17-14-8-7-12(16)15(18-14)19-9-11-5-6-11/h7-8,10-11,13H,2-6,9,16H2,1H3,(H,17,18). The Kier molecular flexibility index (Phi) is 3.49. The number of aromatic nitrogens is 1. The van der Waals surface area contributed by atoms with Gasteiger partial charge >= 0.3 is 0 Å². The van der Waals surface area contributed by atoms with Crippen molar-refractivity contribution in [2.45, 2.75) is 45.1 Å². The maximum absolute atomic E-state index is 5.92. The van der Waals surface area contributed by atoms with Crippen molar-refractivity contribution >= 4 is 11.5 Å². The lowest BCUT2D eigenvalue weighted by Gasteiger charge is -2.18. The van der Waals surface area contributed by atoms with Crippen LogP contribution in [0.1, 0.15) is 39.0 Å². The van der Waals surface area contributed by atoms with Crippen molar-refractivity contribution in [1.29, 1.82) is 0 Å². The van der Waals surface area contributed by atoms with Crippen LogP contribution in [0.25, 0.3) is 0 Å². The van der Waals surface area contributed by atoms with Gasteiger partial charge in [0.15, 0.2) is 0 Å². The van der Waals surface area contributed by atoms with Gasteiger partial charge in [0.1, 0.15) is 5.82 Å². The third-order valence-corrected chi connectivity index (χ3v) is 4.24. The Balaban J connectivity index is 1.65. The summed E-state index contributed by atoms with van der Waals surface area (Å²) in [6, 6.07) is 4.37. The molecule has 1 aromatic rings. The van der Waals surface area contributed by atoms with Crippen LogP contribution in [-0.4, -0.2) is 17.6 Å². The Morgan fingerprint density at radius 1 is 1.32 bits per heavy atom. The van der Waals surface area contributed by atoms with Gasteiger partial charge < -0.3 is 15.8 Å². The van der Waals surface area contributed by atoms with Crippen molar-refractivity contribution in [2.75, 3.05) is 17.7 Å². The molecule has 19 heavy (non-hydrogen) atoms. The van der Waals surface area contributed by atoms with E-state index in [1.807, 2.05) is 12.1 Å². The van der Waals surface area contributed by atoms with Crippen LogP contribution in [0.3, 0.4) is 0 Å². The van der Waals surface area contributed by atoms with Crippen LogP contribution in [0.5, 0.6) is 5.88 Å². The summed E-state index contributed by atoms with van der Waals surface area (Å²) in [5.74, 6) is 2.91. The molecule has 2 aliphatic rings. The van der Waals surface area contributed by atoms with E-state index in [2.05, 4.69) is 17.2 Å². The normalized spacial score (nSPS) is 26.4. The quantitative estimate of drug-likeness (QED) is 0.855. The van der Waals surface area contributed by atoms with Gasteiger partial charge in [0, 0.05) is 6.04 Å². The minimum Gasteiger partial charge on any atom is -0.476 e. The number of ether oxygens (including phenoxy) is 1. The van der Waals surface area contributed by atoms with Crippen LogP contribution in [0, 0.1) is 11.8 Å². The van der Waals surface area contributed by atoms with E-state index in [1.54, 1.807) is 0 Å². The number of hydrogen-bond acceptors (Lipinski definition) is 4. The van der Waals surface area contributed by atoms with Crippen molar-refractivity contribution in [1.82, 2.24) is 4.98 Å². The minimum absolute atomic E-state index is 0.535. The van der Waals surface area contributed by atoms with Gasteiger partial charge in [0.2, 0.25) is 5.88 Å². The highest BCUT2D eigenvalue weighted by Gasteiger charge is 2.24. The first-order chi connectivity index (χ1) is 9.22. The smallest absolute Gasteiger partial charge is 0.239 e. The molecule has 1 aromatic heterocycles. The van der Waals surface area contributed by atoms with Crippen LogP contribution >= 0.6 is 0 Å². The Bertz CT molecular complexity index is 445. The first-order valence-electron chi connectivity index (χ1n) is 7.38. The van der Waals surface area contributed by atoms with Gasteiger partial charge in [-0.1, -0.05) is 13.3 Å². The Hall–Kier alpha value is -1.45. The maximum atomic E-state index is 5.92. The third kappa shape index (κ3) is 3.11. The zero-order chi connectivity index (χ0) is 13.2. The lowest BCUT2D eigenvalue weighted by molar-refractivity contribution is 0.290. The van der Waals surface area contributed by atoms with Crippen molar-refractivity contribution in [3.8, 4) is 5.88 Å². The fourth-order valence-corrected chi connectivity index (χ4v) is 2.68. The molecular weight excluding hydrogens is 238 g/mol. The summed E-state index contributed by atoms with van der Waals surface area (Å²) in [7, 11) is 0. The van der Waals surface area contributed by atoms with Crippen molar-refractivity contribution in [3.63, 3.8) is 0 Å². The molecule has 4 heteroatoms. The summed E-state index contributed by atoms with van der Waals surface area (Å²) in [5, 5.41) is 3.51. The highest BCUT2D eigenvalue weighted by molar-refractivity contribution is 5.54. The number of anilines is 2. The number of nitrogens with one attached hydrogen (secondary N) is 1. The summed E-state index contributed by atoms with van der Waals surface area (Å²) in [6.45, 7) is 3.05. The van der Waals surface area contributed by atoms with Crippen LogP contribution < -0.4 is 15.8 Å². The molecule has 104 valence electrons. The van der Waals surface area contributed by atoms with E-state index >= 15 is 0 Å². The second kappa shape index (κ2) is 5.27.